The lowest BCUT2D eigenvalue weighted by Gasteiger charge is -2.40. The maximum Gasteiger partial charge on any atom is 0.220 e. The van der Waals surface area contributed by atoms with E-state index >= 15 is 0 Å². The lowest BCUT2D eigenvalue weighted by atomic mass is 9.99. The average molecular weight is 1050 g/mol. The van der Waals surface area contributed by atoms with Crippen LogP contribution in [0.25, 0.3) is 0 Å². The van der Waals surface area contributed by atoms with E-state index in [0.29, 0.717) is 12.8 Å². The molecule has 9 nitrogen and oxygen atoms in total. The molecule has 1 aliphatic heterocycles. The standard InChI is InChI=1S/C66H113NO8/c1-3-5-7-9-11-13-15-17-19-21-23-24-25-26-27-28-29-30-31-32-33-34-35-36-38-40-42-44-46-48-50-52-54-56-62(70)67-59(58-74-66-65(73)64(72)63(71)61(57-68)75-66)60(69)55-53-51-49-47-45-43-41-39-37-22-20-18-16-14-12-10-8-6-4-2/h5,7,11,13,17,19,23-24,26-27,29-30,32-33,35-36,40,42,59-61,63-66,68-69,71-73H,3-4,6,8-10,12,14-16,18,20-22,25,28,31,34,37-39,41,43-58H2,1-2H3,(H,67,70)/b7-5-,13-11-,19-17-,24-23-,27-26-,30-29-,33-32-,36-35-,42-40-. The highest BCUT2D eigenvalue weighted by Crippen LogP contribution is 2.23. The van der Waals surface area contributed by atoms with Crippen molar-refractivity contribution in [2.24, 2.45) is 0 Å². The van der Waals surface area contributed by atoms with Gasteiger partial charge < -0.3 is 40.3 Å². The van der Waals surface area contributed by atoms with Gasteiger partial charge in [-0.15, -0.1) is 0 Å². The average Bonchev–Trinajstić information content (AvgIpc) is 3.41. The smallest absolute Gasteiger partial charge is 0.220 e. The van der Waals surface area contributed by atoms with Crippen LogP contribution in [0.4, 0.5) is 0 Å². The van der Waals surface area contributed by atoms with Crippen LogP contribution in [0.2, 0.25) is 0 Å². The monoisotopic (exact) mass is 1050 g/mol. The first-order valence-corrected chi connectivity index (χ1v) is 30.6. The predicted octanol–water partition coefficient (Wildman–Crippen LogP) is 15.7. The number of carbonyl (C=O) groups is 1. The number of aliphatic hydroxyl groups is 5. The van der Waals surface area contributed by atoms with Gasteiger partial charge in [0.25, 0.3) is 0 Å². The molecule has 0 bridgehead atoms. The Balaban J connectivity index is 2.22. The Morgan fingerprint density at radius 1 is 0.467 bits per heavy atom. The first-order chi connectivity index (χ1) is 36.8. The molecule has 0 aliphatic carbocycles. The molecule has 1 aliphatic rings. The molecule has 430 valence electrons. The third-order valence-corrected chi connectivity index (χ3v) is 13.9. The summed E-state index contributed by atoms with van der Waals surface area (Å²) >= 11 is 0. The molecular weight excluding hydrogens is 935 g/mol. The summed E-state index contributed by atoms with van der Waals surface area (Å²) in [5, 5.41) is 54.7. The third kappa shape index (κ3) is 43.5. The molecule has 0 aromatic heterocycles. The van der Waals surface area contributed by atoms with E-state index in [1.54, 1.807) is 0 Å². The van der Waals surface area contributed by atoms with E-state index in [-0.39, 0.29) is 12.5 Å². The molecule has 0 saturated carbocycles. The summed E-state index contributed by atoms with van der Waals surface area (Å²) in [6, 6.07) is -0.738. The van der Waals surface area contributed by atoms with E-state index < -0.39 is 49.5 Å². The van der Waals surface area contributed by atoms with Gasteiger partial charge in [-0.3, -0.25) is 4.79 Å². The Labute approximate surface area is 459 Å². The van der Waals surface area contributed by atoms with Gasteiger partial charge in [-0.2, -0.15) is 0 Å². The molecule has 0 spiro atoms. The second kappa shape index (κ2) is 54.2. The first kappa shape index (κ1) is 69.9. The largest absolute Gasteiger partial charge is 0.394 e. The molecule has 7 unspecified atom stereocenters. The number of nitrogens with one attached hydrogen (secondary N) is 1. The highest BCUT2D eigenvalue weighted by molar-refractivity contribution is 5.76. The summed E-state index contributed by atoms with van der Waals surface area (Å²) in [4.78, 5) is 13.1. The predicted molar refractivity (Wildman–Crippen MR) is 317 cm³/mol. The van der Waals surface area contributed by atoms with Crippen molar-refractivity contribution >= 4 is 5.91 Å². The van der Waals surface area contributed by atoms with E-state index in [4.69, 9.17) is 9.47 Å². The number of unbranched alkanes of at least 4 members (excludes halogenated alkanes) is 23. The van der Waals surface area contributed by atoms with Gasteiger partial charge in [-0.25, -0.2) is 0 Å². The summed E-state index contributed by atoms with van der Waals surface area (Å²) in [7, 11) is 0. The van der Waals surface area contributed by atoms with Crippen molar-refractivity contribution in [3.05, 3.63) is 109 Å². The molecule has 1 rings (SSSR count). The van der Waals surface area contributed by atoms with Crippen molar-refractivity contribution in [2.45, 2.75) is 288 Å². The van der Waals surface area contributed by atoms with E-state index in [0.717, 1.165) is 116 Å². The number of carbonyl (C=O) groups excluding carboxylic acids is 1. The van der Waals surface area contributed by atoms with Crippen molar-refractivity contribution in [2.75, 3.05) is 13.2 Å². The van der Waals surface area contributed by atoms with Gasteiger partial charge in [0.05, 0.1) is 25.4 Å². The number of rotatable bonds is 51. The number of ether oxygens (including phenoxy) is 2. The Kier molecular flexibility index (Phi) is 50.5. The number of amides is 1. The summed E-state index contributed by atoms with van der Waals surface area (Å²) < 4.78 is 11.3. The van der Waals surface area contributed by atoms with E-state index in [1.807, 2.05) is 0 Å². The zero-order chi connectivity index (χ0) is 54.3. The summed E-state index contributed by atoms with van der Waals surface area (Å²) in [6.45, 7) is 3.72. The second-order valence-corrected chi connectivity index (χ2v) is 20.8. The quantitative estimate of drug-likeness (QED) is 0.0261. The topological polar surface area (TPSA) is 149 Å². The number of aliphatic hydroxyl groups excluding tert-OH is 5. The first-order valence-electron chi connectivity index (χ1n) is 30.6. The van der Waals surface area contributed by atoms with Crippen LogP contribution in [-0.4, -0.2) is 87.5 Å². The highest BCUT2D eigenvalue weighted by atomic mass is 16.7. The van der Waals surface area contributed by atoms with Crippen LogP contribution >= 0.6 is 0 Å². The van der Waals surface area contributed by atoms with E-state index in [1.165, 1.54) is 103 Å². The Hall–Kier alpha value is -3.15. The van der Waals surface area contributed by atoms with Crippen molar-refractivity contribution in [1.29, 1.82) is 0 Å². The summed E-state index contributed by atoms with van der Waals surface area (Å²) in [5.41, 5.74) is 0. The summed E-state index contributed by atoms with van der Waals surface area (Å²) in [5.74, 6) is -0.166. The molecule has 0 radical (unpaired) electrons. The molecule has 1 heterocycles. The molecule has 7 atom stereocenters. The van der Waals surface area contributed by atoms with Crippen LogP contribution in [0.15, 0.2) is 109 Å². The van der Waals surface area contributed by atoms with Gasteiger partial charge in [0, 0.05) is 6.42 Å². The molecule has 1 saturated heterocycles. The molecule has 9 heteroatoms. The lowest BCUT2D eigenvalue weighted by Crippen LogP contribution is -2.60. The minimum atomic E-state index is -1.56. The van der Waals surface area contributed by atoms with Crippen molar-refractivity contribution in [3.63, 3.8) is 0 Å². The molecule has 75 heavy (non-hydrogen) atoms. The Morgan fingerprint density at radius 3 is 1.23 bits per heavy atom. The zero-order valence-corrected chi connectivity index (χ0v) is 47.8. The van der Waals surface area contributed by atoms with Crippen molar-refractivity contribution in [1.82, 2.24) is 5.32 Å². The van der Waals surface area contributed by atoms with Crippen molar-refractivity contribution in [3.8, 4) is 0 Å². The molecular formula is C66H113NO8. The normalized spacial score (nSPS) is 19.7. The van der Waals surface area contributed by atoms with Gasteiger partial charge in [-0.05, 0) is 83.5 Å². The van der Waals surface area contributed by atoms with Crippen LogP contribution in [0.5, 0.6) is 0 Å². The van der Waals surface area contributed by atoms with Gasteiger partial charge in [0.2, 0.25) is 5.91 Å². The fourth-order valence-electron chi connectivity index (χ4n) is 9.10. The van der Waals surface area contributed by atoms with E-state index in [2.05, 4.69) is 129 Å². The lowest BCUT2D eigenvalue weighted by molar-refractivity contribution is -0.302. The fourth-order valence-corrected chi connectivity index (χ4v) is 9.10. The Morgan fingerprint density at radius 2 is 0.827 bits per heavy atom. The zero-order valence-electron chi connectivity index (χ0n) is 47.8. The molecule has 1 fully saturated rings. The molecule has 1 amide bonds. The number of hydrogen-bond acceptors (Lipinski definition) is 8. The minimum absolute atomic E-state index is 0.152. The Bertz CT molecular complexity index is 1540. The highest BCUT2D eigenvalue weighted by Gasteiger charge is 2.44. The minimum Gasteiger partial charge on any atom is -0.394 e. The number of allylic oxidation sites excluding steroid dienone is 18. The van der Waals surface area contributed by atoms with Gasteiger partial charge in [-0.1, -0.05) is 264 Å². The van der Waals surface area contributed by atoms with Crippen LogP contribution in [0, 0.1) is 0 Å². The van der Waals surface area contributed by atoms with Crippen LogP contribution < -0.4 is 5.32 Å². The second-order valence-electron chi connectivity index (χ2n) is 20.8. The third-order valence-electron chi connectivity index (χ3n) is 13.9. The van der Waals surface area contributed by atoms with Gasteiger partial charge in [0.15, 0.2) is 6.29 Å². The van der Waals surface area contributed by atoms with Crippen LogP contribution in [0.3, 0.4) is 0 Å². The molecule has 0 aromatic rings. The van der Waals surface area contributed by atoms with Crippen LogP contribution in [-0.2, 0) is 14.3 Å². The van der Waals surface area contributed by atoms with Crippen molar-refractivity contribution < 1.29 is 39.8 Å². The summed E-state index contributed by atoms with van der Waals surface area (Å²) in [6.07, 6.45) is 72.5. The SMILES string of the molecule is CC/C=C\C/C=C\C/C=C\C/C=C\C/C=C\C/C=C\C/C=C\C/C=C\C/C=C\CCCCCCCC(=O)NC(COC1OC(CO)C(O)C(O)C1O)C(O)CCCCCCCCCCCCCCCCCCCCC. The van der Waals surface area contributed by atoms with Gasteiger partial charge >= 0.3 is 0 Å². The van der Waals surface area contributed by atoms with Gasteiger partial charge in [0.1, 0.15) is 24.4 Å². The fraction of sp³-hybridized carbons (Fsp3) is 0.712. The number of hydrogen-bond donors (Lipinski definition) is 6. The van der Waals surface area contributed by atoms with E-state index in [9.17, 15) is 30.3 Å². The maximum absolute atomic E-state index is 13.1. The molecule has 0 aromatic carbocycles. The molecule has 6 N–H and O–H groups in total. The van der Waals surface area contributed by atoms with Crippen LogP contribution in [0.1, 0.15) is 245 Å². The maximum atomic E-state index is 13.1.